The van der Waals surface area contributed by atoms with Gasteiger partial charge in [-0.3, -0.25) is 0 Å². The second kappa shape index (κ2) is 5.23. The summed E-state index contributed by atoms with van der Waals surface area (Å²) in [6.45, 7) is 1.92. The largest absolute Gasteiger partial charge is 0.377 e. The summed E-state index contributed by atoms with van der Waals surface area (Å²) in [4.78, 5) is 7.61. The Balaban J connectivity index is 2.45. The van der Waals surface area contributed by atoms with Gasteiger partial charge in [-0.1, -0.05) is 6.08 Å². The first-order chi connectivity index (χ1) is 6.68. The van der Waals surface area contributed by atoms with E-state index in [1.807, 2.05) is 6.08 Å². The highest BCUT2D eigenvalue weighted by atomic mass is 16.5. The number of nitrogens with two attached hydrogens (primary N) is 3. The Morgan fingerprint density at radius 2 is 2.21 bits per heavy atom. The first-order valence-electron chi connectivity index (χ1n) is 4.33. The molecular formula is C8H15N5O. The predicted molar refractivity (Wildman–Crippen MR) is 55.8 cm³/mol. The summed E-state index contributed by atoms with van der Waals surface area (Å²) >= 11 is 0. The van der Waals surface area contributed by atoms with Gasteiger partial charge in [0.1, 0.15) is 0 Å². The monoisotopic (exact) mass is 197 g/mol. The number of aliphatic imine (C=N–C) groups is 2. The molecule has 0 unspecified atom stereocenters. The average Bonchev–Trinajstić information content (AvgIpc) is 2.15. The Morgan fingerprint density at radius 1 is 1.43 bits per heavy atom. The molecule has 6 N–H and O–H groups in total. The molecule has 1 rings (SSSR count). The van der Waals surface area contributed by atoms with Crippen LogP contribution in [0.2, 0.25) is 0 Å². The van der Waals surface area contributed by atoms with E-state index in [1.54, 1.807) is 0 Å². The molecule has 0 amide bonds. The van der Waals surface area contributed by atoms with Gasteiger partial charge in [0.25, 0.3) is 0 Å². The van der Waals surface area contributed by atoms with Crippen LogP contribution in [0.5, 0.6) is 0 Å². The van der Waals surface area contributed by atoms with Crippen molar-refractivity contribution in [1.29, 1.82) is 0 Å². The van der Waals surface area contributed by atoms with Crippen LogP contribution in [0.3, 0.4) is 0 Å². The maximum absolute atomic E-state index is 5.44. The average molecular weight is 197 g/mol. The van der Waals surface area contributed by atoms with Crippen LogP contribution >= 0.6 is 0 Å². The number of hydrogen-bond acceptors (Lipinski definition) is 2. The Labute approximate surface area is 82.5 Å². The zero-order chi connectivity index (χ0) is 10.4. The summed E-state index contributed by atoms with van der Waals surface area (Å²) in [5.41, 5.74) is 16.9. The standard InChI is InChI=1S/C8H15N5O/c9-7(10)13-8(11)12-5-6-1-3-14-4-2-6/h1H,2-5H2,(H6,9,10,11,12,13). The van der Waals surface area contributed by atoms with E-state index in [1.165, 1.54) is 5.57 Å². The van der Waals surface area contributed by atoms with Crippen molar-refractivity contribution >= 4 is 11.9 Å². The van der Waals surface area contributed by atoms with E-state index in [0.717, 1.165) is 13.0 Å². The lowest BCUT2D eigenvalue weighted by atomic mass is 10.1. The molecule has 0 saturated heterocycles. The molecule has 6 heteroatoms. The van der Waals surface area contributed by atoms with Gasteiger partial charge in [0.15, 0.2) is 5.96 Å². The fourth-order valence-electron chi connectivity index (χ4n) is 1.06. The summed E-state index contributed by atoms with van der Waals surface area (Å²) < 4.78 is 5.15. The van der Waals surface area contributed by atoms with Crippen LogP contribution in [-0.4, -0.2) is 31.7 Å². The van der Waals surface area contributed by atoms with E-state index in [4.69, 9.17) is 21.9 Å². The van der Waals surface area contributed by atoms with Crippen LogP contribution in [0, 0.1) is 0 Å². The molecule has 0 aromatic heterocycles. The van der Waals surface area contributed by atoms with Crippen molar-refractivity contribution in [2.75, 3.05) is 19.8 Å². The molecule has 14 heavy (non-hydrogen) atoms. The minimum Gasteiger partial charge on any atom is -0.377 e. The van der Waals surface area contributed by atoms with E-state index in [9.17, 15) is 0 Å². The minimum absolute atomic E-state index is 0.0767. The van der Waals surface area contributed by atoms with Crippen molar-refractivity contribution in [3.05, 3.63) is 11.6 Å². The number of guanidine groups is 2. The lowest BCUT2D eigenvalue weighted by Gasteiger charge is -2.10. The number of rotatable bonds is 2. The van der Waals surface area contributed by atoms with Crippen LogP contribution in [0.25, 0.3) is 0 Å². The second-order valence-corrected chi connectivity index (χ2v) is 2.90. The predicted octanol–water partition coefficient (Wildman–Crippen LogP) is -1.08. The molecule has 0 fully saturated rings. The van der Waals surface area contributed by atoms with Crippen LogP contribution in [0.1, 0.15) is 6.42 Å². The van der Waals surface area contributed by atoms with E-state index < -0.39 is 0 Å². The van der Waals surface area contributed by atoms with Gasteiger partial charge in [-0.05, 0) is 12.0 Å². The van der Waals surface area contributed by atoms with E-state index >= 15 is 0 Å². The summed E-state index contributed by atoms with van der Waals surface area (Å²) in [5, 5.41) is 0. The molecule has 0 saturated carbocycles. The molecule has 1 aliphatic heterocycles. The smallest absolute Gasteiger partial charge is 0.218 e. The molecule has 78 valence electrons. The molecule has 0 aromatic rings. The van der Waals surface area contributed by atoms with Crippen molar-refractivity contribution in [3.63, 3.8) is 0 Å². The fraction of sp³-hybridized carbons (Fsp3) is 0.500. The Kier molecular flexibility index (Phi) is 3.93. The molecule has 1 aliphatic rings. The zero-order valence-corrected chi connectivity index (χ0v) is 7.94. The Bertz CT molecular complexity index is 277. The molecule has 0 radical (unpaired) electrons. The van der Waals surface area contributed by atoms with Crippen molar-refractivity contribution in [3.8, 4) is 0 Å². The van der Waals surface area contributed by atoms with Crippen LogP contribution < -0.4 is 17.2 Å². The van der Waals surface area contributed by atoms with Crippen molar-refractivity contribution < 1.29 is 4.74 Å². The highest BCUT2D eigenvalue weighted by Gasteiger charge is 2.02. The van der Waals surface area contributed by atoms with Gasteiger partial charge < -0.3 is 21.9 Å². The van der Waals surface area contributed by atoms with Gasteiger partial charge in [-0.15, -0.1) is 0 Å². The van der Waals surface area contributed by atoms with Crippen LogP contribution in [-0.2, 0) is 4.74 Å². The van der Waals surface area contributed by atoms with Crippen molar-refractivity contribution in [2.45, 2.75) is 6.42 Å². The normalized spacial score (nSPS) is 17.4. The summed E-state index contributed by atoms with van der Waals surface area (Å²) in [6.07, 6.45) is 2.88. The van der Waals surface area contributed by atoms with Gasteiger partial charge in [0, 0.05) is 0 Å². The maximum Gasteiger partial charge on any atom is 0.218 e. The van der Waals surface area contributed by atoms with Gasteiger partial charge in [0.2, 0.25) is 5.96 Å². The highest BCUT2D eigenvalue weighted by Crippen LogP contribution is 2.07. The third-order valence-corrected chi connectivity index (χ3v) is 1.75. The number of hydrogen-bond donors (Lipinski definition) is 3. The van der Waals surface area contributed by atoms with Gasteiger partial charge in [0.05, 0.1) is 19.8 Å². The van der Waals surface area contributed by atoms with E-state index in [0.29, 0.717) is 13.2 Å². The van der Waals surface area contributed by atoms with Crippen LogP contribution in [0.4, 0.5) is 0 Å². The topological polar surface area (TPSA) is 112 Å². The second-order valence-electron chi connectivity index (χ2n) is 2.90. The SMILES string of the molecule is NC(N)=NC(N)=NCC1=CCOCC1. The zero-order valence-electron chi connectivity index (χ0n) is 7.94. The molecule has 0 bridgehead atoms. The van der Waals surface area contributed by atoms with E-state index in [2.05, 4.69) is 9.98 Å². The van der Waals surface area contributed by atoms with Gasteiger partial charge in [-0.25, -0.2) is 4.99 Å². The molecule has 6 nitrogen and oxygen atoms in total. The molecule has 0 spiro atoms. The first-order valence-corrected chi connectivity index (χ1v) is 4.33. The summed E-state index contributed by atoms with van der Waals surface area (Å²) in [7, 11) is 0. The lowest BCUT2D eigenvalue weighted by Crippen LogP contribution is -2.26. The lowest BCUT2D eigenvalue weighted by molar-refractivity contribution is 0.154. The summed E-state index contributed by atoms with van der Waals surface area (Å²) in [5.74, 6) is 0.0320. The number of nitrogens with zero attached hydrogens (tertiary/aromatic N) is 2. The Hall–Kier alpha value is -1.56. The molecular weight excluding hydrogens is 182 g/mol. The van der Waals surface area contributed by atoms with Crippen LogP contribution in [0.15, 0.2) is 21.6 Å². The third kappa shape index (κ3) is 3.90. The minimum atomic E-state index is -0.0767. The molecule has 0 atom stereocenters. The molecule has 0 aliphatic carbocycles. The van der Waals surface area contributed by atoms with Gasteiger partial charge >= 0.3 is 0 Å². The summed E-state index contributed by atoms with van der Waals surface area (Å²) in [6, 6.07) is 0. The van der Waals surface area contributed by atoms with Crippen molar-refractivity contribution in [1.82, 2.24) is 0 Å². The molecule has 1 heterocycles. The Morgan fingerprint density at radius 3 is 2.79 bits per heavy atom. The number of ether oxygens (including phenoxy) is 1. The first kappa shape index (κ1) is 10.5. The highest BCUT2D eigenvalue weighted by molar-refractivity contribution is 5.92. The maximum atomic E-state index is 5.44. The van der Waals surface area contributed by atoms with Crippen molar-refractivity contribution in [2.24, 2.45) is 27.2 Å². The third-order valence-electron chi connectivity index (χ3n) is 1.75. The fourth-order valence-corrected chi connectivity index (χ4v) is 1.06. The van der Waals surface area contributed by atoms with E-state index in [-0.39, 0.29) is 11.9 Å². The van der Waals surface area contributed by atoms with Gasteiger partial charge in [-0.2, -0.15) is 4.99 Å². The quantitative estimate of drug-likeness (QED) is 0.297. The molecule has 0 aromatic carbocycles.